The van der Waals surface area contributed by atoms with Gasteiger partial charge in [-0.2, -0.15) is 5.26 Å². The summed E-state index contributed by atoms with van der Waals surface area (Å²) in [6.45, 7) is 4.37. The van der Waals surface area contributed by atoms with Gasteiger partial charge in [0, 0.05) is 0 Å². The van der Waals surface area contributed by atoms with Gasteiger partial charge in [0.2, 0.25) is 0 Å². The minimum atomic E-state index is -1.39. The maximum Gasteiger partial charge on any atom is 0.350 e. The summed E-state index contributed by atoms with van der Waals surface area (Å²) in [6.07, 6.45) is -1.11. The molecule has 1 amide bonds. The zero-order valence-corrected chi connectivity index (χ0v) is 15.2. The van der Waals surface area contributed by atoms with Crippen molar-refractivity contribution in [2.75, 3.05) is 5.32 Å². The van der Waals surface area contributed by atoms with E-state index in [4.69, 9.17) is 14.7 Å². The molecule has 0 aliphatic rings. The first-order valence-electron chi connectivity index (χ1n) is 8.18. The monoisotopic (exact) mass is 370 g/mol. The smallest absolute Gasteiger partial charge is 0.350 e. The number of nitrogens with zero attached hydrogens (tertiary/aromatic N) is 1. The minimum Gasteiger partial charge on any atom is -0.476 e. The van der Waals surface area contributed by atoms with Gasteiger partial charge in [-0.15, -0.1) is 0 Å². The number of carbonyl (C=O) groups excluding carboxylic acids is 2. The number of ether oxygens (including phenoxy) is 2. The van der Waals surface area contributed by atoms with Crippen molar-refractivity contribution < 1.29 is 23.5 Å². The maximum absolute atomic E-state index is 13.0. The van der Waals surface area contributed by atoms with Gasteiger partial charge in [-0.05, 0) is 57.2 Å². The first-order valence-corrected chi connectivity index (χ1v) is 8.18. The molecule has 1 atom stereocenters. The van der Waals surface area contributed by atoms with Crippen molar-refractivity contribution >= 4 is 17.6 Å². The third-order valence-electron chi connectivity index (χ3n) is 3.64. The van der Waals surface area contributed by atoms with Crippen LogP contribution < -0.4 is 10.1 Å². The molecule has 6 nitrogen and oxygen atoms in total. The Morgan fingerprint density at radius 1 is 1.15 bits per heavy atom. The lowest BCUT2D eigenvalue weighted by Gasteiger charge is -2.26. The van der Waals surface area contributed by atoms with Crippen molar-refractivity contribution in [1.29, 1.82) is 5.26 Å². The molecule has 2 aromatic rings. The Morgan fingerprint density at radius 3 is 2.41 bits per heavy atom. The summed E-state index contributed by atoms with van der Waals surface area (Å²) in [6, 6.07) is 13.6. The van der Waals surface area contributed by atoms with E-state index >= 15 is 0 Å². The van der Waals surface area contributed by atoms with Gasteiger partial charge in [0.05, 0.1) is 11.3 Å². The zero-order valence-electron chi connectivity index (χ0n) is 15.2. The molecule has 140 valence electrons. The average Bonchev–Trinajstić information content (AvgIpc) is 2.63. The van der Waals surface area contributed by atoms with Crippen LogP contribution in [-0.4, -0.2) is 23.6 Å². The average molecular weight is 370 g/mol. The number of carbonyl (C=O) groups is 2. The predicted molar refractivity (Wildman–Crippen MR) is 96.4 cm³/mol. The second-order valence-electron chi connectivity index (χ2n) is 6.26. The van der Waals surface area contributed by atoms with Gasteiger partial charge >= 0.3 is 5.97 Å². The van der Waals surface area contributed by atoms with Crippen molar-refractivity contribution in [2.45, 2.75) is 32.5 Å². The number of anilines is 1. The van der Waals surface area contributed by atoms with Gasteiger partial charge in [-0.3, -0.25) is 4.79 Å². The Bertz CT molecular complexity index is 872. The van der Waals surface area contributed by atoms with Crippen LogP contribution in [0.3, 0.4) is 0 Å². The minimum absolute atomic E-state index is 0.290. The highest BCUT2D eigenvalue weighted by molar-refractivity contribution is 5.96. The van der Waals surface area contributed by atoms with Gasteiger partial charge in [-0.1, -0.05) is 12.1 Å². The van der Waals surface area contributed by atoms with E-state index in [1.165, 1.54) is 45.0 Å². The van der Waals surface area contributed by atoms with Crippen LogP contribution in [0, 0.1) is 17.1 Å². The van der Waals surface area contributed by atoms with E-state index in [9.17, 15) is 14.0 Å². The maximum atomic E-state index is 13.0. The second-order valence-corrected chi connectivity index (χ2v) is 6.26. The van der Waals surface area contributed by atoms with E-state index in [-0.39, 0.29) is 0 Å². The van der Waals surface area contributed by atoms with Crippen LogP contribution >= 0.6 is 0 Å². The van der Waals surface area contributed by atoms with Crippen molar-refractivity contribution in [1.82, 2.24) is 0 Å². The molecular weight excluding hydrogens is 351 g/mol. The van der Waals surface area contributed by atoms with Crippen LogP contribution in [0.4, 0.5) is 10.1 Å². The van der Waals surface area contributed by atoms with Gasteiger partial charge in [0.1, 0.15) is 17.6 Å². The Morgan fingerprint density at radius 2 is 1.78 bits per heavy atom. The van der Waals surface area contributed by atoms with E-state index in [0.717, 1.165) is 0 Å². The standard InChI is InChI=1S/C20H19FN2O4/c1-13(18(24)23-17-7-5-4-6-14(17)12-22)26-19(25)20(2,3)27-16-10-8-15(21)9-11-16/h4-11,13H,1-3H3,(H,23,24)/t13-/m1/s1. The molecule has 0 saturated carbocycles. The fraction of sp³-hybridized carbons (Fsp3) is 0.250. The lowest BCUT2D eigenvalue weighted by molar-refractivity contribution is -0.166. The Labute approximate surface area is 156 Å². The fourth-order valence-electron chi connectivity index (χ4n) is 2.12. The summed E-state index contributed by atoms with van der Waals surface area (Å²) >= 11 is 0. The van der Waals surface area contributed by atoms with Crippen molar-refractivity contribution in [3.63, 3.8) is 0 Å². The molecule has 0 aliphatic carbocycles. The molecule has 0 heterocycles. The zero-order chi connectivity index (χ0) is 20.0. The van der Waals surface area contributed by atoms with Gasteiger partial charge < -0.3 is 14.8 Å². The molecular formula is C20H19FN2O4. The van der Waals surface area contributed by atoms with E-state index in [0.29, 0.717) is 17.0 Å². The first kappa shape index (κ1) is 19.9. The number of halogens is 1. The molecule has 0 radical (unpaired) electrons. The SMILES string of the molecule is C[C@@H](OC(=O)C(C)(C)Oc1ccc(F)cc1)C(=O)Nc1ccccc1C#N. The predicted octanol–water partition coefficient (Wildman–Crippen LogP) is 3.43. The summed E-state index contributed by atoms with van der Waals surface area (Å²) in [5.74, 6) is -1.48. The third kappa shape index (κ3) is 5.28. The number of nitriles is 1. The summed E-state index contributed by atoms with van der Waals surface area (Å²) < 4.78 is 23.7. The third-order valence-corrected chi connectivity index (χ3v) is 3.64. The number of rotatable bonds is 6. The number of hydrogen-bond acceptors (Lipinski definition) is 5. The summed E-state index contributed by atoms with van der Waals surface area (Å²) in [4.78, 5) is 24.6. The molecule has 2 rings (SSSR count). The van der Waals surface area contributed by atoms with Crippen LogP contribution in [0.15, 0.2) is 48.5 Å². The molecule has 0 aromatic heterocycles. The Hall–Kier alpha value is -3.40. The Kier molecular flexibility index (Phi) is 6.14. The molecule has 0 fully saturated rings. The number of esters is 1. The number of hydrogen-bond donors (Lipinski definition) is 1. The lowest BCUT2D eigenvalue weighted by atomic mass is 10.1. The molecule has 0 saturated heterocycles. The normalized spacial score (nSPS) is 11.8. The number of para-hydroxylation sites is 1. The molecule has 2 aromatic carbocycles. The fourth-order valence-corrected chi connectivity index (χ4v) is 2.12. The van der Waals surface area contributed by atoms with E-state index in [1.807, 2.05) is 6.07 Å². The van der Waals surface area contributed by atoms with Crippen LogP contribution in [-0.2, 0) is 14.3 Å². The van der Waals surface area contributed by atoms with Crippen LogP contribution in [0.25, 0.3) is 0 Å². The number of benzene rings is 2. The highest BCUT2D eigenvalue weighted by atomic mass is 19.1. The molecule has 0 bridgehead atoms. The van der Waals surface area contributed by atoms with Crippen molar-refractivity contribution in [3.05, 3.63) is 59.9 Å². The molecule has 27 heavy (non-hydrogen) atoms. The summed E-state index contributed by atoms with van der Waals surface area (Å²) in [5.41, 5.74) is -0.768. The molecule has 0 spiro atoms. The summed E-state index contributed by atoms with van der Waals surface area (Å²) in [5, 5.41) is 11.6. The second kappa shape index (κ2) is 8.32. The van der Waals surface area contributed by atoms with Crippen LogP contribution in [0.2, 0.25) is 0 Å². The quantitative estimate of drug-likeness (QED) is 0.787. The molecule has 7 heteroatoms. The van der Waals surface area contributed by atoms with Crippen molar-refractivity contribution in [3.8, 4) is 11.8 Å². The topological polar surface area (TPSA) is 88.4 Å². The van der Waals surface area contributed by atoms with Crippen molar-refractivity contribution in [2.24, 2.45) is 0 Å². The number of amides is 1. The van der Waals surface area contributed by atoms with Crippen LogP contribution in [0.1, 0.15) is 26.3 Å². The Balaban J connectivity index is 1.99. The first-order chi connectivity index (χ1) is 12.7. The molecule has 0 unspecified atom stereocenters. The highest BCUT2D eigenvalue weighted by Crippen LogP contribution is 2.21. The van der Waals surface area contributed by atoms with Crippen LogP contribution in [0.5, 0.6) is 5.75 Å². The largest absolute Gasteiger partial charge is 0.476 e. The van der Waals surface area contributed by atoms with Gasteiger partial charge in [0.25, 0.3) is 5.91 Å². The molecule has 1 N–H and O–H groups in total. The lowest BCUT2D eigenvalue weighted by Crippen LogP contribution is -2.43. The van der Waals surface area contributed by atoms with Gasteiger partial charge in [0.15, 0.2) is 11.7 Å². The van der Waals surface area contributed by atoms with E-state index < -0.39 is 29.4 Å². The van der Waals surface area contributed by atoms with E-state index in [1.54, 1.807) is 24.3 Å². The highest BCUT2D eigenvalue weighted by Gasteiger charge is 2.34. The van der Waals surface area contributed by atoms with Gasteiger partial charge in [-0.25, -0.2) is 9.18 Å². The molecule has 0 aliphatic heterocycles. The number of nitrogens with one attached hydrogen (secondary N) is 1. The van der Waals surface area contributed by atoms with E-state index in [2.05, 4.69) is 5.32 Å². The summed E-state index contributed by atoms with van der Waals surface area (Å²) in [7, 11) is 0.